The molecule has 1 atom stereocenters. The van der Waals surface area contributed by atoms with Crippen molar-refractivity contribution in [2.45, 2.75) is 57.8 Å². The first-order chi connectivity index (χ1) is 9.54. The summed E-state index contributed by atoms with van der Waals surface area (Å²) in [6, 6.07) is 0.110. The summed E-state index contributed by atoms with van der Waals surface area (Å²) in [5.41, 5.74) is 4.62. The SMILES string of the molecule is CC(C)NC(C)(CCN1CCC(C(F)(F)F)CC1)C(N)=O. The van der Waals surface area contributed by atoms with E-state index in [2.05, 4.69) is 5.32 Å². The Morgan fingerprint density at radius 1 is 1.33 bits per heavy atom. The maximum absolute atomic E-state index is 12.6. The molecule has 1 rings (SSSR count). The fourth-order valence-corrected chi connectivity index (χ4v) is 2.77. The Morgan fingerprint density at radius 3 is 2.24 bits per heavy atom. The lowest BCUT2D eigenvalue weighted by molar-refractivity contribution is -0.185. The van der Waals surface area contributed by atoms with Gasteiger partial charge in [0.05, 0.1) is 11.5 Å². The van der Waals surface area contributed by atoms with Crippen LogP contribution in [0.4, 0.5) is 13.2 Å². The maximum atomic E-state index is 12.6. The number of hydrogen-bond donors (Lipinski definition) is 2. The number of nitrogens with zero attached hydrogens (tertiary/aromatic N) is 1. The number of amides is 1. The number of carbonyl (C=O) groups is 1. The molecule has 1 saturated heterocycles. The predicted molar refractivity (Wildman–Crippen MR) is 75.7 cm³/mol. The zero-order valence-corrected chi connectivity index (χ0v) is 13.0. The predicted octanol–water partition coefficient (Wildman–Crippen LogP) is 1.89. The second kappa shape index (κ2) is 6.96. The first-order valence-electron chi connectivity index (χ1n) is 7.41. The van der Waals surface area contributed by atoms with E-state index in [1.54, 1.807) is 6.92 Å². The Hall–Kier alpha value is -0.820. The molecular formula is C14H26F3N3O. The molecule has 0 saturated carbocycles. The van der Waals surface area contributed by atoms with Crippen LogP contribution in [0.15, 0.2) is 0 Å². The fourth-order valence-electron chi connectivity index (χ4n) is 2.77. The number of hydrogen-bond acceptors (Lipinski definition) is 3. The van der Waals surface area contributed by atoms with Crippen LogP contribution >= 0.6 is 0 Å². The van der Waals surface area contributed by atoms with E-state index in [9.17, 15) is 18.0 Å². The number of halogens is 3. The van der Waals surface area contributed by atoms with Gasteiger partial charge in [0.1, 0.15) is 0 Å². The minimum absolute atomic E-state index is 0.110. The second-order valence-electron chi connectivity index (χ2n) is 6.40. The largest absolute Gasteiger partial charge is 0.391 e. The normalized spacial score (nSPS) is 21.5. The van der Waals surface area contributed by atoms with Crippen LogP contribution in [0, 0.1) is 5.92 Å². The van der Waals surface area contributed by atoms with Crippen molar-refractivity contribution in [2.75, 3.05) is 19.6 Å². The molecule has 7 heteroatoms. The van der Waals surface area contributed by atoms with Gasteiger partial charge in [0.25, 0.3) is 0 Å². The van der Waals surface area contributed by atoms with Crippen molar-refractivity contribution in [1.82, 2.24) is 10.2 Å². The molecule has 21 heavy (non-hydrogen) atoms. The molecule has 1 heterocycles. The van der Waals surface area contributed by atoms with Crippen molar-refractivity contribution < 1.29 is 18.0 Å². The zero-order valence-electron chi connectivity index (χ0n) is 13.0. The third-order valence-electron chi connectivity index (χ3n) is 4.13. The zero-order chi connectivity index (χ0) is 16.3. The highest BCUT2D eigenvalue weighted by molar-refractivity contribution is 5.84. The van der Waals surface area contributed by atoms with Gasteiger partial charge in [-0.15, -0.1) is 0 Å². The number of nitrogens with two attached hydrogens (primary N) is 1. The first-order valence-corrected chi connectivity index (χ1v) is 7.41. The second-order valence-corrected chi connectivity index (χ2v) is 6.40. The highest BCUT2D eigenvalue weighted by Gasteiger charge is 2.41. The van der Waals surface area contributed by atoms with Gasteiger partial charge in [-0.2, -0.15) is 13.2 Å². The van der Waals surface area contributed by atoms with E-state index in [-0.39, 0.29) is 18.9 Å². The van der Waals surface area contributed by atoms with E-state index in [1.807, 2.05) is 18.7 Å². The van der Waals surface area contributed by atoms with Crippen molar-refractivity contribution in [3.8, 4) is 0 Å². The Labute approximate surface area is 124 Å². The Bertz CT molecular complexity index is 352. The van der Waals surface area contributed by atoms with Crippen LogP contribution in [0.25, 0.3) is 0 Å². The lowest BCUT2D eigenvalue weighted by Gasteiger charge is -2.36. The third kappa shape index (κ3) is 5.47. The lowest BCUT2D eigenvalue weighted by Crippen LogP contribution is -2.57. The lowest BCUT2D eigenvalue weighted by atomic mass is 9.93. The molecule has 0 aromatic carbocycles. The summed E-state index contributed by atoms with van der Waals surface area (Å²) in [6.07, 6.45) is -3.33. The highest BCUT2D eigenvalue weighted by atomic mass is 19.4. The van der Waals surface area contributed by atoms with Crippen LogP contribution in [0.1, 0.15) is 40.0 Å². The van der Waals surface area contributed by atoms with Crippen molar-refractivity contribution in [2.24, 2.45) is 11.7 Å². The van der Waals surface area contributed by atoms with Crippen molar-refractivity contribution in [3.05, 3.63) is 0 Å². The Balaban J connectivity index is 2.47. The molecule has 1 amide bonds. The van der Waals surface area contributed by atoms with Gasteiger partial charge >= 0.3 is 6.18 Å². The number of piperidine rings is 1. The van der Waals surface area contributed by atoms with Crippen molar-refractivity contribution >= 4 is 5.91 Å². The number of likely N-dealkylation sites (tertiary alicyclic amines) is 1. The van der Waals surface area contributed by atoms with Crippen LogP contribution in [-0.2, 0) is 4.79 Å². The Morgan fingerprint density at radius 2 is 1.86 bits per heavy atom. The fraction of sp³-hybridized carbons (Fsp3) is 0.929. The molecule has 0 bridgehead atoms. The van der Waals surface area contributed by atoms with Crippen LogP contribution in [0.3, 0.4) is 0 Å². The molecule has 0 spiro atoms. The molecule has 0 radical (unpaired) electrons. The quantitative estimate of drug-likeness (QED) is 0.788. The van der Waals surface area contributed by atoms with Gasteiger partial charge in [-0.05, 0) is 53.1 Å². The minimum atomic E-state index is -4.09. The molecule has 4 nitrogen and oxygen atoms in total. The third-order valence-corrected chi connectivity index (χ3v) is 4.13. The van der Waals surface area contributed by atoms with E-state index in [1.165, 1.54) is 0 Å². The van der Waals surface area contributed by atoms with E-state index in [0.717, 1.165) is 0 Å². The number of primary amides is 1. The molecule has 1 fully saturated rings. The molecule has 1 unspecified atom stereocenters. The number of nitrogens with one attached hydrogen (secondary N) is 1. The average molecular weight is 309 g/mol. The molecular weight excluding hydrogens is 283 g/mol. The summed E-state index contributed by atoms with van der Waals surface area (Å²) in [5.74, 6) is -1.62. The summed E-state index contributed by atoms with van der Waals surface area (Å²) in [5, 5.41) is 3.15. The van der Waals surface area contributed by atoms with E-state index in [0.29, 0.717) is 26.1 Å². The minimum Gasteiger partial charge on any atom is -0.368 e. The summed E-state index contributed by atoms with van der Waals surface area (Å²) in [7, 11) is 0. The maximum Gasteiger partial charge on any atom is 0.391 e. The standard InChI is InChI=1S/C14H26F3N3O/c1-10(2)19-13(3,12(18)21)6-9-20-7-4-11(5-8-20)14(15,16)17/h10-11,19H,4-9H2,1-3H3,(H2,18,21). The van der Waals surface area contributed by atoms with Gasteiger partial charge in [-0.1, -0.05) is 0 Å². The topological polar surface area (TPSA) is 58.4 Å². The van der Waals surface area contributed by atoms with Crippen LogP contribution in [-0.4, -0.2) is 48.2 Å². The monoisotopic (exact) mass is 309 g/mol. The van der Waals surface area contributed by atoms with Crippen molar-refractivity contribution in [3.63, 3.8) is 0 Å². The first kappa shape index (κ1) is 18.2. The molecule has 124 valence electrons. The number of rotatable bonds is 6. The molecule has 0 aromatic heterocycles. The van der Waals surface area contributed by atoms with E-state index < -0.39 is 23.5 Å². The molecule has 1 aliphatic rings. The van der Waals surface area contributed by atoms with Gasteiger partial charge in [0.15, 0.2) is 0 Å². The van der Waals surface area contributed by atoms with E-state index >= 15 is 0 Å². The van der Waals surface area contributed by atoms with E-state index in [4.69, 9.17) is 5.73 Å². The van der Waals surface area contributed by atoms with Gasteiger partial charge in [-0.3, -0.25) is 4.79 Å². The van der Waals surface area contributed by atoms with Crippen LogP contribution in [0.2, 0.25) is 0 Å². The molecule has 1 aliphatic heterocycles. The summed E-state index contributed by atoms with van der Waals surface area (Å²) >= 11 is 0. The van der Waals surface area contributed by atoms with Gasteiger partial charge in [0.2, 0.25) is 5.91 Å². The smallest absolute Gasteiger partial charge is 0.368 e. The summed E-state index contributed by atoms with van der Waals surface area (Å²) in [4.78, 5) is 13.6. The van der Waals surface area contributed by atoms with Crippen LogP contribution < -0.4 is 11.1 Å². The summed E-state index contributed by atoms with van der Waals surface area (Å²) in [6.45, 7) is 7.01. The molecule has 3 N–H and O–H groups in total. The van der Waals surface area contributed by atoms with Crippen LogP contribution in [0.5, 0.6) is 0 Å². The number of alkyl halides is 3. The average Bonchev–Trinajstić information content (AvgIpc) is 2.35. The molecule has 0 aromatic rings. The van der Waals surface area contributed by atoms with Gasteiger partial charge in [-0.25, -0.2) is 0 Å². The van der Waals surface area contributed by atoms with Gasteiger partial charge in [0, 0.05) is 12.6 Å². The van der Waals surface area contributed by atoms with Crippen molar-refractivity contribution in [1.29, 1.82) is 0 Å². The Kier molecular flexibility index (Phi) is 6.04. The summed E-state index contributed by atoms with van der Waals surface area (Å²) < 4.78 is 37.8. The molecule has 0 aliphatic carbocycles. The number of carbonyl (C=O) groups excluding carboxylic acids is 1. The highest BCUT2D eigenvalue weighted by Crippen LogP contribution is 2.34. The van der Waals surface area contributed by atoms with Gasteiger partial charge < -0.3 is 16.0 Å².